The highest BCUT2D eigenvalue weighted by Gasteiger charge is 2.28. The van der Waals surface area contributed by atoms with Gasteiger partial charge in [0, 0.05) is 56.7 Å². The van der Waals surface area contributed by atoms with Crippen LogP contribution in [0.1, 0.15) is 24.8 Å². The number of nitrogens with zero attached hydrogens (tertiary/aromatic N) is 6. The number of benzene rings is 1. The number of rotatable bonds is 6. The fourth-order valence-corrected chi connectivity index (χ4v) is 4.73. The molecule has 7 heteroatoms. The van der Waals surface area contributed by atoms with Gasteiger partial charge in [0.25, 0.3) is 0 Å². The fraction of sp³-hybridized carbons (Fsp3) is 0.458. The van der Waals surface area contributed by atoms with Crippen molar-refractivity contribution < 1.29 is 0 Å². The quantitative estimate of drug-likeness (QED) is 0.665. The summed E-state index contributed by atoms with van der Waals surface area (Å²) in [6.07, 6.45) is 9.28. The third-order valence-corrected chi connectivity index (χ3v) is 6.42. The first-order valence-corrected chi connectivity index (χ1v) is 11.3. The number of nitrogens with one attached hydrogen (secondary N) is 1. The summed E-state index contributed by atoms with van der Waals surface area (Å²) < 4.78 is 1.80. The van der Waals surface area contributed by atoms with Gasteiger partial charge < -0.3 is 10.2 Å². The van der Waals surface area contributed by atoms with Crippen molar-refractivity contribution in [3.05, 3.63) is 60.6 Å². The van der Waals surface area contributed by atoms with Crippen LogP contribution in [0.3, 0.4) is 0 Å². The number of anilines is 1. The summed E-state index contributed by atoms with van der Waals surface area (Å²) in [5.74, 6) is 0.823. The first kappa shape index (κ1) is 20.2. The van der Waals surface area contributed by atoms with Gasteiger partial charge in [0.1, 0.15) is 0 Å². The Hall–Kier alpha value is -2.77. The molecule has 31 heavy (non-hydrogen) atoms. The van der Waals surface area contributed by atoms with E-state index in [4.69, 9.17) is 4.98 Å². The molecule has 0 saturated carbocycles. The molecule has 1 N–H and O–H groups in total. The maximum absolute atomic E-state index is 4.80. The highest BCUT2D eigenvalue weighted by Crippen LogP contribution is 2.22. The Balaban J connectivity index is 1.12. The summed E-state index contributed by atoms with van der Waals surface area (Å²) in [6.45, 7) is 5.37. The largest absolute Gasteiger partial charge is 0.339 e. The molecular weight excluding hydrogens is 386 g/mol. The van der Waals surface area contributed by atoms with Crippen LogP contribution in [0.25, 0.3) is 11.3 Å². The van der Waals surface area contributed by atoms with Crippen molar-refractivity contribution in [1.29, 1.82) is 0 Å². The van der Waals surface area contributed by atoms with Crippen molar-refractivity contribution in [2.75, 3.05) is 31.1 Å². The topological polar surface area (TPSA) is 62.1 Å². The first-order chi connectivity index (χ1) is 15.2. The molecule has 1 unspecified atom stereocenters. The summed E-state index contributed by atoms with van der Waals surface area (Å²) in [6, 6.07) is 13.9. The van der Waals surface area contributed by atoms with Gasteiger partial charge in [-0.25, -0.2) is 9.97 Å². The lowest BCUT2D eigenvalue weighted by molar-refractivity contribution is 0.185. The van der Waals surface area contributed by atoms with E-state index in [-0.39, 0.29) is 0 Å². The van der Waals surface area contributed by atoms with Crippen molar-refractivity contribution in [3.63, 3.8) is 0 Å². The lowest BCUT2D eigenvalue weighted by Gasteiger charge is -2.34. The molecule has 4 heterocycles. The van der Waals surface area contributed by atoms with E-state index in [9.17, 15) is 0 Å². The Morgan fingerprint density at radius 1 is 1.00 bits per heavy atom. The van der Waals surface area contributed by atoms with Gasteiger partial charge in [0.05, 0.1) is 11.9 Å². The highest BCUT2D eigenvalue weighted by atomic mass is 15.3. The summed E-state index contributed by atoms with van der Waals surface area (Å²) in [4.78, 5) is 14.2. The summed E-state index contributed by atoms with van der Waals surface area (Å²) in [5.41, 5.74) is 3.37. The average Bonchev–Trinajstić information content (AvgIpc) is 3.45. The van der Waals surface area contributed by atoms with Crippen molar-refractivity contribution in [2.45, 2.75) is 37.9 Å². The molecule has 2 aliphatic heterocycles. The van der Waals surface area contributed by atoms with Crippen LogP contribution in [0.15, 0.2) is 55.0 Å². The zero-order chi connectivity index (χ0) is 21.0. The molecule has 0 bridgehead atoms. The number of aromatic nitrogens is 4. The van der Waals surface area contributed by atoms with Gasteiger partial charge in [-0.2, -0.15) is 5.10 Å². The summed E-state index contributed by atoms with van der Waals surface area (Å²) in [5, 5.41) is 8.17. The number of piperidine rings is 1. The Morgan fingerprint density at radius 2 is 1.81 bits per heavy atom. The van der Waals surface area contributed by atoms with Gasteiger partial charge in [0.2, 0.25) is 5.95 Å². The van der Waals surface area contributed by atoms with Crippen LogP contribution < -0.4 is 10.2 Å². The number of likely N-dealkylation sites (tertiary alicyclic amines) is 1. The molecule has 1 aromatic carbocycles. The van der Waals surface area contributed by atoms with Gasteiger partial charge in [-0.05, 0) is 44.0 Å². The third kappa shape index (κ3) is 4.94. The van der Waals surface area contributed by atoms with Crippen LogP contribution in [0.4, 0.5) is 5.95 Å². The van der Waals surface area contributed by atoms with Crippen LogP contribution in [-0.2, 0) is 13.6 Å². The Bertz CT molecular complexity index is 978. The summed E-state index contributed by atoms with van der Waals surface area (Å²) >= 11 is 0. The molecular formula is C24H31N7. The van der Waals surface area contributed by atoms with Crippen LogP contribution in [0.5, 0.6) is 0 Å². The zero-order valence-electron chi connectivity index (χ0n) is 18.2. The molecule has 162 valence electrons. The van der Waals surface area contributed by atoms with Crippen LogP contribution in [0, 0.1) is 0 Å². The van der Waals surface area contributed by atoms with Crippen molar-refractivity contribution in [2.24, 2.45) is 7.05 Å². The lowest BCUT2D eigenvalue weighted by atomic mass is 10.0. The van der Waals surface area contributed by atoms with Gasteiger partial charge >= 0.3 is 0 Å². The predicted octanol–water partition coefficient (Wildman–Crippen LogP) is 2.71. The third-order valence-electron chi connectivity index (χ3n) is 6.42. The second-order valence-electron chi connectivity index (χ2n) is 8.78. The Labute approximate surface area is 184 Å². The summed E-state index contributed by atoms with van der Waals surface area (Å²) in [7, 11) is 1.93. The fourth-order valence-electron chi connectivity index (χ4n) is 4.73. The molecule has 0 aliphatic carbocycles. The Kier molecular flexibility index (Phi) is 5.95. The van der Waals surface area contributed by atoms with E-state index in [1.165, 1.54) is 31.5 Å². The minimum absolute atomic E-state index is 0.510. The molecule has 2 aromatic heterocycles. The molecule has 2 fully saturated rings. The van der Waals surface area contributed by atoms with E-state index in [0.717, 1.165) is 43.3 Å². The van der Waals surface area contributed by atoms with E-state index in [1.807, 2.05) is 31.7 Å². The normalized spacial score (nSPS) is 20.4. The molecule has 2 saturated heterocycles. The Morgan fingerprint density at radius 3 is 2.58 bits per heavy atom. The van der Waals surface area contributed by atoms with Crippen LogP contribution in [-0.4, -0.2) is 62.9 Å². The number of hydrogen-bond donors (Lipinski definition) is 1. The average molecular weight is 418 g/mol. The van der Waals surface area contributed by atoms with Gasteiger partial charge in [0.15, 0.2) is 0 Å². The van der Waals surface area contributed by atoms with Crippen molar-refractivity contribution >= 4 is 5.95 Å². The zero-order valence-corrected chi connectivity index (χ0v) is 18.2. The van der Waals surface area contributed by atoms with E-state index in [2.05, 4.69) is 55.5 Å². The van der Waals surface area contributed by atoms with Crippen LogP contribution >= 0.6 is 0 Å². The molecule has 0 amide bonds. The molecule has 5 rings (SSSR count). The standard InChI is InChI=1S/C24H31N7/c1-29-17-20(15-26-29)23-7-11-25-24(28-23)31-14-10-22(18-31)27-21-8-12-30(13-9-21)16-19-5-3-2-4-6-19/h2-7,11,15,17,21-22,27H,8-10,12-14,16,18H2,1H3. The number of aryl methyl sites for hydroxylation is 1. The second-order valence-corrected chi connectivity index (χ2v) is 8.78. The SMILES string of the molecule is Cn1cc(-c2ccnc(N3CCC(NC4CCN(Cc5ccccc5)CC4)C3)n2)cn1. The van der Waals surface area contributed by atoms with E-state index in [0.29, 0.717) is 12.1 Å². The highest BCUT2D eigenvalue weighted by molar-refractivity contribution is 5.58. The molecule has 2 aliphatic rings. The minimum atomic E-state index is 0.510. The molecule has 0 radical (unpaired) electrons. The van der Waals surface area contributed by atoms with E-state index >= 15 is 0 Å². The second kappa shape index (κ2) is 9.16. The minimum Gasteiger partial charge on any atom is -0.339 e. The van der Waals surface area contributed by atoms with E-state index in [1.54, 1.807) is 4.68 Å². The number of hydrogen-bond acceptors (Lipinski definition) is 6. The lowest BCUT2D eigenvalue weighted by Crippen LogP contribution is -2.46. The van der Waals surface area contributed by atoms with Crippen molar-refractivity contribution in [3.8, 4) is 11.3 Å². The molecule has 1 atom stereocenters. The maximum Gasteiger partial charge on any atom is 0.225 e. The van der Waals surface area contributed by atoms with Gasteiger partial charge in [-0.15, -0.1) is 0 Å². The molecule has 7 nitrogen and oxygen atoms in total. The smallest absolute Gasteiger partial charge is 0.225 e. The van der Waals surface area contributed by atoms with E-state index < -0.39 is 0 Å². The van der Waals surface area contributed by atoms with Gasteiger partial charge in [-0.3, -0.25) is 9.58 Å². The predicted molar refractivity (Wildman–Crippen MR) is 123 cm³/mol. The first-order valence-electron chi connectivity index (χ1n) is 11.3. The maximum atomic E-state index is 4.80. The van der Waals surface area contributed by atoms with Gasteiger partial charge in [-0.1, -0.05) is 30.3 Å². The molecule has 3 aromatic rings. The molecule has 0 spiro atoms. The van der Waals surface area contributed by atoms with Crippen molar-refractivity contribution in [1.82, 2.24) is 30.0 Å². The monoisotopic (exact) mass is 417 g/mol. The van der Waals surface area contributed by atoms with Crippen LogP contribution in [0.2, 0.25) is 0 Å².